The van der Waals surface area contributed by atoms with Crippen molar-refractivity contribution in [2.24, 2.45) is 0 Å². The van der Waals surface area contributed by atoms with Gasteiger partial charge < -0.3 is 15.0 Å². The molecule has 2 aromatic rings. The summed E-state index contributed by atoms with van der Waals surface area (Å²) < 4.78 is 6.78. The molecule has 0 bridgehead atoms. The van der Waals surface area contributed by atoms with E-state index < -0.39 is 0 Å². The minimum Gasteiger partial charge on any atom is -0.385 e. The molecule has 2 heterocycles. The second-order valence-corrected chi connectivity index (χ2v) is 9.33. The van der Waals surface area contributed by atoms with Gasteiger partial charge in [0, 0.05) is 57.4 Å². The minimum atomic E-state index is -0.0168. The van der Waals surface area contributed by atoms with Crippen molar-refractivity contribution in [3.8, 4) is 5.69 Å². The minimum absolute atomic E-state index is 0.00280. The standard InChI is InChI=1S/C23H29Cl2N5O3/c1-33-12-2-7-26-21(31)15-28-8-10-29(11-9-28)23(32)18-14-27-30(22(18)16-3-4-16)20-6-5-17(24)13-19(20)25/h5-6,13-14,16H,2-4,7-12,15H2,1H3,(H,26,31). The smallest absolute Gasteiger partial charge is 0.257 e. The van der Waals surface area contributed by atoms with Gasteiger partial charge in [0.15, 0.2) is 0 Å². The second-order valence-electron chi connectivity index (χ2n) is 8.49. The number of carbonyl (C=O) groups excluding carboxylic acids is 2. The number of methoxy groups -OCH3 is 1. The molecule has 10 heteroatoms. The molecule has 178 valence electrons. The van der Waals surface area contributed by atoms with E-state index in [9.17, 15) is 9.59 Å². The molecule has 1 saturated heterocycles. The number of nitrogens with one attached hydrogen (secondary N) is 1. The predicted molar refractivity (Wildman–Crippen MR) is 127 cm³/mol. The van der Waals surface area contributed by atoms with Gasteiger partial charge in [0.05, 0.1) is 34.7 Å². The van der Waals surface area contributed by atoms with E-state index in [4.69, 9.17) is 27.9 Å². The molecule has 8 nitrogen and oxygen atoms in total. The van der Waals surface area contributed by atoms with Crippen LogP contribution in [-0.4, -0.2) is 84.4 Å². The Morgan fingerprint density at radius 1 is 1.18 bits per heavy atom. The van der Waals surface area contributed by atoms with Crippen LogP contribution >= 0.6 is 23.2 Å². The number of benzene rings is 1. The van der Waals surface area contributed by atoms with E-state index in [1.165, 1.54) is 0 Å². The summed E-state index contributed by atoms with van der Waals surface area (Å²) in [6.07, 6.45) is 4.51. The van der Waals surface area contributed by atoms with Crippen molar-refractivity contribution >= 4 is 35.0 Å². The maximum absolute atomic E-state index is 13.4. The van der Waals surface area contributed by atoms with E-state index in [-0.39, 0.29) is 11.8 Å². The Morgan fingerprint density at radius 3 is 2.61 bits per heavy atom. The zero-order valence-electron chi connectivity index (χ0n) is 18.7. The van der Waals surface area contributed by atoms with Gasteiger partial charge in [-0.25, -0.2) is 4.68 Å². The summed E-state index contributed by atoms with van der Waals surface area (Å²) in [5, 5.41) is 8.48. The lowest BCUT2D eigenvalue weighted by atomic mass is 10.1. The lowest BCUT2D eigenvalue weighted by Crippen LogP contribution is -2.51. The summed E-state index contributed by atoms with van der Waals surface area (Å²) in [4.78, 5) is 29.4. The Labute approximate surface area is 203 Å². The number of halogens is 2. The summed E-state index contributed by atoms with van der Waals surface area (Å²) in [7, 11) is 1.65. The summed E-state index contributed by atoms with van der Waals surface area (Å²) in [6.45, 7) is 4.05. The van der Waals surface area contributed by atoms with Gasteiger partial charge in [0.1, 0.15) is 0 Å². The molecule has 4 rings (SSSR count). The van der Waals surface area contributed by atoms with Gasteiger partial charge in [-0.2, -0.15) is 5.10 Å². The molecule has 1 saturated carbocycles. The number of ether oxygens (including phenoxy) is 1. The normalized spacial score (nSPS) is 16.8. The van der Waals surface area contributed by atoms with Gasteiger partial charge in [-0.3, -0.25) is 14.5 Å². The van der Waals surface area contributed by atoms with Crippen LogP contribution < -0.4 is 5.32 Å². The van der Waals surface area contributed by atoms with Crippen LogP contribution in [0.5, 0.6) is 0 Å². The number of hydrogen-bond acceptors (Lipinski definition) is 5. The van der Waals surface area contributed by atoms with Crippen molar-refractivity contribution < 1.29 is 14.3 Å². The van der Waals surface area contributed by atoms with Gasteiger partial charge in [-0.1, -0.05) is 23.2 Å². The first-order valence-corrected chi connectivity index (χ1v) is 12.0. The number of hydrogen-bond donors (Lipinski definition) is 1. The van der Waals surface area contributed by atoms with Gasteiger partial charge in [-0.15, -0.1) is 0 Å². The molecule has 0 radical (unpaired) electrons. The van der Waals surface area contributed by atoms with Gasteiger partial charge in [0.2, 0.25) is 5.91 Å². The Morgan fingerprint density at radius 2 is 1.94 bits per heavy atom. The number of piperazine rings is 1. The highest BCUT2D eigenvalue weighted by Crippen LogP contribution is 2.43. The van der Waals surface area contributed by atoms with E-state index in [0.717, 1.165) is 30.6 Å². The zero-order chi connectivity index (χ0) is 23.4. The fourth-order valence-electron chi connectivity index (χ4n) is 4.10. The summed E-state index contributed by atoms with van der Waals surface area (Å²) in [5.41, 5.74) is 2.28. The maximum Gasteiger partial charge on any atom is 0.257 e. The average molecular weight is 494 g/mol. The van der Waals surface area contributed by atoms with Crippen LogP contribution in [0.1, 0.15) is 41.2 Å². The third kappa shape index (κ3) is 5.87. The monoisotopic (exact) mass is 493 g/mol. The van der Waals surface area contributed by atoms with Crippen LogP contribution in [0.4, 0.5) is 0 Å². The highest BCUT2D eigenvalue weighted by Gasteiger charge is 2.35. The number of aromatic nitrogens is 2. The van der Waals surface area contributed by atoms with Crippen LogP contribution in [0.25, 0.3) is 5.69 Å². The van der Waals surface area contributed by atoms with Crippen LogP contribution in [0, 0.1) is 0 Å². The summed E-state index contributed by atoms with van der Waals surface area (Å²) in [5.74, 6) is 0.293. The highest BCUT2D eigenvalue weighted by atomic mass is 35.5. The molecule has 2 aliphatic rings. The molecule has 1 aromatic heterocycles. The first kappa shape index (κ1) is 24.0. The van der Waals surface area contributed by atoms with Crippen LogP contribution in [0.3, 0.4) is 0 Å². The van der Waals surface area contributed by atoms with Gasteiger partial charge in [-0.05, 0) is 37.5 Å². The fraction of sp³-hybridized carbons (Fsp3) is 0.522. The van der Waals surface area contributed by atoms with E-state index in [0.29, 0.717) is 67.4 Å². The Balaban J connectivity index is 1.38. The Bertz CT molecular complexity index is 1000. The number of rotatable bonds is 9. The average Bonchev–Trinajstić information content (AvgIpc) is 3.55. The molecule has 1 N–H and O–H groups in total. The van der Waals surface area contributed by atoms with Crippen molar-refractivity contribution in [3.05, 3.63) is 45.7 Å². The topological polar surface area (TPSA) is 79.7 Å². The molecule has 0 spiro atoms. The molecule has 0 unspecified atom stereocenters. The number of amides is 2. The largest absolute Gasteiger partial charge is 0.385 e. The third-order valence-electron chi connectivity index (χ3n) is 6.01. The molecule has 1 aliphatic carbocycles. The molecule has 33 heavy (non-hydrogen) atoms. The lowest BCUT2D eigenvalue weighted by molar-refractivity contribution is -0.122. The van der Waals surface area contributed by atoms with Gasteiger partial charge in [0.25, 0.3) is 5.91 Å². The molecule has 1 aromatic carbocycles. The van der Waals surface area contributed by atoms with E-state index in [2.05, 4.69) is 15.3 Å². The van der Waals surface area contributed by atoms with Crippen molar-refractivity contribution in [2.75, 3.05) is 53.0 Å². The van der Waals surface area contributed by atoms with Crippen molar-refractivity contribution in [1.82, 2.24) is 24.9 Å². The number of nitrogens with zero attached hydrogens (tertiary/aromatic N) is 4. The number of carbonyl (C=O) groups is 2. The zero-order valence-corrected chi connectivity index (χ0v) is 20.2. The molecular formula is C23H29Cl2N5O3. The van der Waals surface area contributed by atoms with E-state index in [1.807, 2.05) is 11.0 Å². The van der Waals surface area contributed by atoms with E-state index >= 15 is 0 Å². The molecular weight excluding hydrogens is 465 g/mol. The summed E-state index contributed by atoms with van der Waals surface area (Å²) in [6, 6.07) is 5.29. The van der Waals surface area contributed by atoms with Crippen molar-refractivity contribution in [3.63, 3.8) is 0 Å². The molecule has 1 aliphatic heterocycles. The van der Waals surface area contributed by atoms with Crippen LogP contribution in [-0.2, 0) is 9.53 Å². The third-order valence-corrected chi connectivity index (χ3v) is 6.55. The first-order valence-electron chi connectivity index (χ1n) is 11.3. The van der Waals surface area contributed by atoms with Crippen molar-refractivity contribution in [2.45, 2.75) is 25.2 Å². The quantitative estimate of drug-likeness (QED) is 0.543. The SMILES string of the molecule is COCCCNC(=O)CN1CCN(C(=O)c2cnn(-c3ccc(Cl)cc3Cl)c2C2CC2)CC1. The Hall–Kier alpha value is -2.13. The molecule has 2 fully saturated rings. The van der Waals surface area contributed by atoms with Crippen LogP contribution in [0.15, 0.2) is 24.4 Å². The molecule has 2 amide bonds. The highest BCUT2D eigenvalue weighted by molar-refractivity contribution is 6.35. The Kier molecular flexibility index (Phi) is 7.90. The summed E-state index contributed by atoms with van der Waals surface area (Å²) >= 11 is 12.5. The first-order chi connectivity index (χ1) is 16.0. The molecule has 0 atom stereocenters. The predicted octanol–water partition coefficient (Wildman–Crippen LogP) is 2.97. The van der Waals surface area contributed by atoms with Crippen molar-refractivity contribution in [1.29, 1.82) is 0 Å². The lowest BCUT2D eigenvalue weighted by Gasteiger charge is -2.34. The maximum atomic E-state index is 13.4. The van der Waals surface area contributed by atoms with E-state index in [1.54, 1.807) is 30.1 Å². The van der Waals surface area contributed by atoms with Crippen LogP contribution in [0.2, 0.25) is 10.0 Å². The second kappa shape index (κ2) is 10.9. The fourth-order valence-corrected chi connectivity index (χ4v) is 4.59. The van der Waals surface area contributed by atoms with Gasteiger partial charge >= 0.3 is 0 Å².